The molecule has 0 saturated carbocycles. The summed E-state index contributed by atoms with van der Waals surface area (Å²) in [6.07, 6.45) is 0.653. The summed E-state index contributed by atoms with van der Waals surface area (Å²) in [4.78, 5) is 9.05. The molecule has 0 fully saturated rings. The van der Waals surface area contributed by atoms with Gasteiger partial charge in [-0.05, 0) is 19.1 Å². The molecule has 0 aliphatic rings. The zero-order chi connectivity index (χ0) is 11.4. The van der Waals surface area contributed by atoms with Crippen LogP contribution in [0.1, 0.15) is 20.8 Å². The van der Waals surface area contributed by atoms with E-state index in [1.54, 1.807) is 12.1 Å². The Kier molecular flexibility index (Phi) is 12.8. The Morgan fingerprint density at radius 3 is 1.93 bits per heavy atom. The maximum absolute atomic E-state index is 12.1. The summed E-state index contributed by atoms with van der Waals surface area (Å²) in [6.45, 7) is 6.07. The molecule has 1 aromatic rings. The third-order valence-electron chi connectivity index (χ3n) is 1.11. The fourth-order valence-electron chi connectivity index (χ4n) is 0.533. The van der Waals surface area contributed by atoms with E-state index in [1.807, 2.05) is 20.8 Å². The molecular weight excluding hydrogens is 181 g/mol. The van der Waals surface area contributed by atoms with Gasteiger partial charge in [0.05, 0.1) is 0 Å². The smallest absolute Gasteiger partial charge is 0.133 e. The van der Waals surface area contributed by atoms with Gasteiger partial charge in [-0.3, -0.25) is 0 Å². The van der Waals surface area contributed by atoms with Crippen LogP contribution in [0, 0.1) is 12.7 Å². The normalized spacial score (nSPS) is 7.50. The summed E-state index contributed by atoms with van der Waals surface area (Å²) >= 11 is 0. The highest BCUT2D eigenvalue weighted by molar-refractivity contribution is 5.51. The molecule has 0 aromatic heterocycles. The zero-order valence-corrected chi connectivity index (χ0v) is 8.96. The van der Waals surface area contributed by atoms with Gasteiger partial charge in [-0.25, -0.2) is 4.39 Å². The molecule has 3 heteroatoms. The summed E-state index contributed by atoms with van der Waals surface area (Å²) < 4.78 is 12.1. The van der Waals surface area contributed by atoms with Crippen molar-refractivity contribution in [3.63, 3.8) is 0 Å². The largest absolute Gasteiger partial charge is 0.324 e. The van der Waals surface area contributed by atoms with Crippen molar-refractivity contribution in [2.24, 2.45) is 5.73 Å². The van der Waals surface area contributed by atoms with E-state index in [0.29, 0.717) is 6.29 Å². The molecule has 2 N–H and O–H groups in total. The number of hydrogen-bond donors (Lipinski definition) is 1. The third kappa shape index (κ3) is 10.8. The molecule has 0 bridgehead atoms. The van der Waals surface area contributed by atoms with Gasteiger partial charge < -0.3 is 10.5 Å². The second kappa shape index (κ2) is 11.8. The van der Waals surface area contributed by atoms with Crippen molar-refractivity contribution in [2.45, 2.75) is 20.8 Å². The Balaban J connectivity index is -0.000000179. The molecule has 0 radical (unpaired) electrons. The maximum Gasteiger partial charge on any atom is 0.133 e. The average Bonchev–Trinajstić information content (AvgIpc) is 2.26. The number of aryl methyl sites for hydroxylation is 1. The van der Waals surface area contributed by atoms with Crippen LogP contribution in [-0.4, -0.2) is 12.8 Å². The summed E-state index contributed by atoms with van der Waals surface area (Å²) in [7, 11) is 0. The van der Waals surface area contributed by atoms with Gasteiger partial charge >= 0.3 is 0 Å². The molecule has 0 aliphatic heterocycles. The van der Waals surface area contributed by atoms with E-state index >= 15 is 0 Å². The Morgan fingerprint density at radius 2 is 1.71 bits per heavy atom. The second-order valence-corrected chi connectivity index (χ2v) is 2.20. The lowest BCUT2D eigenvalue weighted by Crippen LogP contribution is -1.97. The molecule has 2 nitrogen and oxygen atoms in total. The first kappa shape index (κ1) is 15.3. The summed E-state index contributed by atoms with van der Waals surface area (Å²) in [5.41, 5.74) is 5.75. The van der Waals surface area contributed by atoms with E-state index < -0.39 is 0 Å². The van der Waals surface area contributed by atoms with Crippen molar-refractivity contribution >= 4 is 6.29 Å². The molecule has 0 heterocycles. The van der Waals surface area contributed by atoms with E-state index in [1.165, 1.54) is 12.1 Å². The third-order valence-corrected chi connectivity index (χ3v) is 1.11. The van der Waals surface area contributed by atoms with Crippen molar-refractivity contribution in [1.29, 1.82) is 0 Å². The molecule has 0 amide bonds. The van der Waals surface area contributed by atoms with Gasteiger partial charge in [0.1, 0.15) is 12.1 Å². The minimum atomic E-state index is -0.171. The van der Waals surface area contributed by atoms with Crippen LogP contribution in [0.15, 0.2) is 24.3 Å². The Morgan fingerprint density at radius 1 is 1.36 bits per heavy atom. The summed E-state index contributed by atoms with van der Waals surface area (Å²) in [5.74, 6) is -0.171. The van der Waals surface area contributed by atoms with Crippen LogP contribution in [0.4, 0.5) is 4.39 Å². The standard InChI is InChI=1S/C7H7F.C2H5NO.C2H6.H2/c1-6-2-4-7(8)5-3-6;3-1-2-4;1-2;/h2-5H,1H3;2H,1,3H2;1-2H3;1H. The van der Waals surface area contributed by atoms with Gasteiger partial charge in [0.15, 0.2) is 0 Å². The molecule has 0 spiro atoms. The van der Waals surface area contributed by atoms with Gasteiger partial charge in [0.2, 0.25) is 0 Å². The molecule has 0 saturated heterocycles. The van der Waals surface area contributed by atoms with Crippen LogP contribution in [0.5, 0.6) is 0 Å². The van der Waals surface area contributed by atoms with Crippen molar-refractivity contribution < 1.29 is 10.6 Å². The number of hydrogen-bond acceptors (Lipinski definition) is 2. The highest BCUT2D eigenvalue weighted by atomic mass is 19.1. The van der Waals surface area contributed by atoms with Gasteiger partial charge in [-0.1, -0.05) is 31.5 Å². The van der Waals surface area contributed by atoms with Crippen LogP contribution in [0.25, 0.3) is 0 Å². The van der Waals surface area contributed by atoms with Crippen molar-refractivity contribution in [3.8, 4) is 0 Å². The quantitative estimate of drug-likeness (QED) is 0.709. The molecule has 1 rings (SSSR count). The minimum absolute atomic E-state index is 0. The Hall–Kier alpha value is -1.22. The Labute approximate surface area is 86.4 Å². The highest BCUT2D eigenvalue weighted by Crippen LogP contribution is 1.98. The minimum Gasteiger partial charge on any atom is -0.324 e. The predicted octanol–water partition coefficient (Wildman–Crippen LogP) is 2.55. The van der Waals surface area contributed by atoms with E-state index in [-0.39, 0.29) is 13.8 Å². The lowest BCUT2D eigenvalue weighted by molar-refractivity contribution is -0.106. The van der Waals surface area contributed by atoms with Crippen LogP contribution in [0.2, 0.25) is 0 Å². The Bertz CT molecular complexity index is 206. The number of benzene rings is 1. The van der Waals surface area contributed by atoms with Gasteiger partial charge in [0, 0.05) is 7.97 Å². The van der Waals surface area contributed by atoms with Crippen molar-refractivity contribution in [3.05, 3.63) is 35.6 Å². The fourth-order valence-corrected chi connectivity index (χ4v) is 0.533. The topological polar surface area (TPSA) is 43.1 Å². The molecule has 14 heavy (non-hydrogen) atoms. The number of nitrogens with two attached hydrogens (primary N) is 1. The number of aldehydes is 1. The van der Waals surface area contributed by atoms with E-state index in [9.17, 15) is 4.39 Å². The van der Waals surface area contributed by atoms with Gasteiger partial charge in [0.25, 0.3) is 0 Å². The molecule has 0 atom stereocenters. The van der Waals surface area contributed by atoms with Crippen LogP contribution < -0.4 is 5.73 Å². The first-order valence-electron chi connectivity index (χ1n) is 4.56. The number of carbonyl (C=O) groups excluding carboxylic acids is 1. The average molecular weight is 201 g/mol. The summed E-state index contributed by atoms with van der Waals surface area (Å²) in [5, 5.41) is 0. The lowest BCUT2D eigenvalue weighted by atomic mass is 10.2. The number of carbonyl (C=O) groups is 1. The molecule has 1 aromatic carbocycles. The van der Waals surface area contributed by atoms with Crippen LogP contribution >= 0.6 is 0 Å². The predicted molar refractivity (Wildman–Crippen MR) is 59.7 cm³/mol. The van der Waals surface area contributed by atoms with E-state index in [0.717, 1.165) is 5.56 Å². The lowest BCUT2D eigenvalue weighted by Gasteiger charge is -1.87. The fraction of sp³-hybridized carbons (Fsp3) is 0.364. The van der Waals surface area contributed by atoms with Gasteiger partial charge in [-0.2, -0.15) is 0 Å². The highest BCUT2D eigenvalue weighted by Gasteiger charge is 1.83. The first-order chi connectivity index (χ1) is 6.70. The van der Waals surface area contributed by atoms with Crippen molar-refractivity contribution in [2.75, 3.05) is 6.54 Å². The number of halogens is 1. The molecule has 0 unspecified atom stereocenters. The van der Waals surface area contributed by atoms with E-state index in [4.69, 9.17) is 4.79 Å². The van der Waals surface area contributed by atoms with Crippen LogP contribution in [-0.2, 0) is 4.79 Å². The SMILES string of the molecule is CC.Cc1ccc(F)cc1.NCC=O.[HH]. The molecule has 82 valence electrons. The molecule has 0 aliphatic carbocycles. The molecular formula is C11H20FNO. The second-order valence-electron chi connectivity index (χ2n) is 2.20. The van der Waals surface area contributed by atoms with Crippen molar-refractivity contribution in [1.82, 2.24) is 0 Å². The maximum atomic E-state index is 12.1. The van der Waals surface area contributed by atoms with E-state index in [2.05, 4.69) is 5.73 Å². The monoisotopic (exact) mass is 201 g/mol. The van der Waals surface area contributed by atoms with Crippen LogP contribution in [0.3, 0.4) is 0 Å². The number of rotatable bonds is 1. The first-order valence-corrected chi connectivity index (χ1v) is 4.56. The van der Waals surface area contributed by atoms with Gasteiger partial charge in [-0.15, -0.1) is 0 Å². The summed E-state index contributed by atoms with van der Waals surface area (Å²) in [6, 6.07) is 6.40. The zero-order valence-electron chi connectivity index (χ0n) is 8.96.